The van der Waals surface area contributed by atoms with Crippen molar-refractivity contribution in [3.8, 4) is 0 Å². The molecule has 1 saturated carbocycles. The number of benzene rings is 1. The van der Waals surface area contributed by atoms with Crippen molar-refractivity contribution in [1.82, 2.24) is 15.0 Å². The lowest BCUT2D eigenvalue weighted by Gasteiger charge is -2.25. The number of hydrogen-bond acceptors (Lipinski definition) is 4. The van der Waals surface area contributed by atoms with E-state index in [0.29, 0.717) is 11.7 Å². The fourth-order valence-electron chi connectivity index (χ4n) is 3.31. The Balaban J connectivity index is 1.77. The summed E-state index contributed by atoms with van der Waals surface area (Å²) in [6, 6.07) is 6.03. The van der Waals surface area contributed by atoms with Crippen molar-refractivity contribution in [1.29, 1.82) is 0 Å². The molecular weight excluding hydrogens is 313 g/mol. The van der Waals surface area contributed by atoms with Gasteiger partial charge < -0.3 is 5.32 Å². The molecule has 7 heteroatoms. The molecule has 128 valence electrons. The third-order valence-corrected chi connectivity index (χ3v) is 4.59. The summed E-state index contributed by atoms with van der Waals surface area (Å²) in [4.78, 5) is 23.9. The fourth-order valence-corrected chi connectivity index (χ4v) is 3.31. The third kappa shape index (κ3) is 3.55. The molecule has 1 fully saturated rings. The number of hydrogen-bond donors (Lipinski definition) is 1. The Labute approximate surface area is 138 Å². The molecule has 6 nitrogen and oxygen atoms in total. The lowest BCUT2D eigenvalue weighted by molar-refractivity contribution is -0.122. The molecule has 0 radical (unpaired) electrons. The summed E-state index contributed by atoms with van der Waals surface area (Å²) in [5.74, 6) is -0.567. The van der Waals surface area contributed by atoms with Gasteiger partial charge in [0.2, 0.25) is 5.91 Å². The highest BCUT2D eigenvalue weighted by Crippen LogP contribution is 2.35. The molecule has 1 aromatic heterocycles. The number of nitrogens with one attached hydrogen (secondary N) is 1. The summed E-state index contributed by atoms with van der Waals surface area (Å²) in [5, 5.41) is 6.54. The highest BCUT2D eigenvalue weighted by atomic mass is 19.1. The van der Waals surface area contributed by atoms with Gasteiger partial charge in [-0.15, -0.1) is 0 Å². The second-order valence-electron chi connectivity index (χ2n) is 6.22. The highest BCUT2D eigenvalue weighted by molar-refractivity contribution is 5.76. The number of nitrogens with zero attached hydrogens (tertiary/aromatic N) is 2. The second-order valence-corrected chi connectivity index (χ2v) is 6.22. The van der Waals surface area contributed by atoms with Gasteiger partial charge in [0, 0.05) is 0 Å². The third-order valence-electron chi connectivity index (χ3n) is 4.59. The standard InChI is InChI=1S/C17H20FN3O3/c1-11-20-24-17(23)21(11)10-15(22)19-16(12-4-2-3-5-12)13-6-8-14(18)9-7-13/h6-9,12,16H,2-5,10H2,1H3,(H,19,22). The van der Waals surface area contributed by atoms with Crippen LogP contribution in [0.3, 0.4) is 0 Å². The van der Waals surface area contributed by atoms with E-state index in [1.165, 1.54) is 16.7 Å². The zero-order valence-electron chi connectivity index (χ0n) is 13.5. The van der Waals surface area contributed by atoms with E-state index in [0.717, 1.165) is 31.2 Å². The number of halogens is 1. The van der Waals surface area contributed by atoms with Crippen LogP contribution in [0.15, 0.2) is 33.6 Å². The zero-order valence-corrected chi connectivity index (χ0v) is 13.5. The highest BCUT2D eigenvalue weighted by Gasteiger charge is 2.28. The molecule has 1 amide bonds. The van der Waals surface area contributed by atoms with Crippen molar-refractivity contribution >= 4 is 5.91 Å². The summed E-state index contributed by atoms with van der Waals surface area (Å²) < 4.78 is 18.9. The molecular formula is C17H20FN3O3. The summed E-state index contributed by atoms with van der Waals surface area (Å²) in [5.41, 5.74) is 0.881. The normalized spacial score (nSPS) is 16.2. The number of aromatic nitrogens is 2. The maximum Gasteiger partial charge on any atom is 0.442 e. The summed E-state index contributed by atoms with van der Waals surface area (Å²) in [6.45, 7) is 1.46. The van der Waals surface area contributed by atoms with Gasteiger partial charge in [-0.2, -0.15) is 0 Å². The average molecular weight is 333 g/mol. The molecule has 1 aliphatic rings. The first-order valence-electron chi connectivity index (χ1n) is 8.12. The molecule has 24 heavy (non-hydrogen) atoms. The minimum absolute atomic E-state index is 0.140. The van der Waals surface area contributed by atoms with E-state index < -0.39 is 5.76 Å². The first-order chi connectivity index (χ1) is 11.5. The number of aryl methyl sites for hydroxylation is 1. The summed E-state index contributed by atoms with van der Waals surface area (Å²) >= 11 is 0. The lowest BCUT2D eigenvalue weighted by Crippen LogP contribution is -2.36. The van der Waals surface area contributed by atoms with Crippen LogP contribution in [0, 0.1) is 18.7 Å². The molecule has 1 aromatic carbocycles. The van der Waals surface area contributed by atoms with E-state index >= 15 is 0 Å². The first-order valence-corrected chi connectivity index (χ1v) is 8.12. The number of rotatable bonds is 5. The largest absolute Gasteiger partial charge is 0.442 e. The van der Waals surface area contributed by atoms with Gasteiger partial charge in [0.15, 0.2) is 5.82 Å². The van der Waals surface area contributed by atoms with Gasteiger partial charge in [-0.05, 0) is 43.4 Å². The Kier molecular flexibility index (Phi) is 4.78. The van der Waals surface area contributed by atoms with Crippen LogP contribution < -0.4 is 11.1 Å². The van der Waals surface area contributed by atoms with Crippen LogP contribution in [0.2, 0.25) is 0 Å². The molecule has 1 unspecified atom stereocenters. The van der Waals surface area contributed by atoms with E-state index in [9.17, 15) is 14.0 Å². The second kappa shape index (κ2) is 6.98. The Morgan fingerprint density at radius 2 is 2.04 bits per heavy atom. The zero-order chi connectivity index (χ0) is 17.1. The predicted octanol–water partition coefficient (Wildman–Crippen LogP) is 2.33. The smallest absolute Gasteiger partial charge is 0.347 e. The molecule has 3 rings (SSSR count). The molecule has 0 spiro atoms. The van der Waals surface area contributed by atoms with Crippen molar-refractivity contribution in [2.45, 2.75) is 45.2 Å². The minimum Gasteiger partial charge on any atom is -0.347 e. The van der Waals surface area contributed by atoms with Crippen molar-refractivity contribution < 1.29 is 13.7 Å². The molecule has 0 aliphatic heterocycles. The minimum atomic E-state index is -0.651. The molecule has 2 aromatic rings. The van der Waals surface area contributed by atoms with Crippen LogP contribution in [0.25, 0.3) is 0 Å². The van der Waals surface area contributed by atoms with Gasteiger partial charge in [-0.25, -0.2) is 9.18 Å². The topological polar surface area (TPSA) is 77.1 Å². The lowest BCUT2D eigenvalue weighted by atomic mass is 9.91. The molecule has 1 N–H and O–H groups in total. The maximum absolute atomic E-state index is 13.2. The van der Waals surface area contributed by atoms with Gasteiger partial charge >= 0.3 is 5.76 Å². The Morgan fingerprint density at radius 1 is 1.38 bits per heavy atom. The maximum atomic E-state index is 13.2. The molecule has 1 aliphatic carbocycles. The van der Waals surface area contributed by atoms with Gasteiger partial charge in [0.25, 0.3) is 0 Å². The van der Waals surface area contributed by atoms with Crippen LogP contribution in [0.5, 0.6) is 0 Å². The summed E-state index contributed by atoms with van der Waals surface area (Å²) in [6.07, 6.45) is 4.30. The van der Waals surface area contributed by atoms with E-state index in [1.54, 1.807) is 19.1 Å². The van der Waals surface area contributed by atoms with Crippen LogP contribution in [0.4, 0.5) is 4.39 Å². The Hall–Kier alpha value is -2.44. The summed E-state index contributed by atoms with van der Waals surface area (Å²) in [7, 11) is 0. The monoisotopic (exact) mass is 333 g/mol. The fraction of sp³-hybridized carbons (Fsp3) is 0.471. The molecule has 1 atom stereocenters. The van der Waals surface area contributed by atoms with Gasteiger partial charge in [-0.3, -0.25) is 13.9 Å². The van der Waals surface area contributed by atoms with Gasteiger partial charge in [0.1, 0.15) is 12.4 Å². The van der Waals surface area contributed by atoms with Crippen LogP contribution in [-0.2, 0) is 11.3 Å². The predicted molar refractivity (Wildman–Crippen MR) is 84.7 cm³/mol. The number of carbonyl (C=O) groups excluding carboxylic acids is 1. The van der Waals surface area contributed by atoms with E-state index in [-0.39, 0.29) is 24.3 Å². The van der Waals surface area contributed by atoms with Crippen LogP contribution >= 0.6 is 0 Å². The SMILES string of the molecule is Cc1noc(=O)n1CC(=O)NC(c1ccc(F)cc1)C1CCCC1. The van der Waals surface area contributed by atoms with Crippen molar-refractivity contribution in [2.24, 2.45) is 5.92 Å². The molecule has 0 saturated heterocycles. The van der Waals surface area contributed by atoms with Crippen molar-refractivity contribution in [3.05, 3.63) is 52.0 Å². The number of carbonyl (C=O) groups is 1. The van der Waals surface area contributed by atoms with Crippen molar-refractivity contribution in [2.75, 3.05) is 0 Å². The van der Waals surface area contributed by atoms with Crippen molar-refractivity contribution in [3.63, 3.8) is 0 Å². The van der Waals surface area contributed by atoms with Gasteiger partial charge in [0.05, 0.1) is 6.04 Å². The Bertz CT molecular complexity index is 760. The Morgan fingerprint density at radius 3 is 2.62 bits per heavy atom. The molecule has 1 heterocycles. The van der Waals surface area contributed by atoms with Gasteiger partial charge in [-0.1, -0.05) is 30.1 Å². The van der Waals surface area contributed by atoms with E-state index in [4.69, 9.17) is 0 Å². The van der Waals surface area contributed by atoms with Crippen LogP contribution in [0.1, 0.15) is 43.1 Å². The first kappa shape index (κ1) is 16.4. The quantitative estimate of drug-likeness (QED) is 0.911. The average Bonchev–Trinajstić information content (AvgIpc) is 3.19. The van der Waals surface area contributed by atoms with Crippen LogP contribution in [-0.4, -0.2) is 15.6 Å². The van der Waals surface area contributed by atoms with E-state index in [1.807, 2.05) is 0 Å². The van der Waals surface area contributed by atoms with E-state index in [2.05, 4.69) is 15.0 Å². The number of amides is 1. The molecule has 0 bridgehead atoms.